The van der Waals surface area contributed by atoms with Gasteiger partial charge < -0.3 is 5.11 Å². The molecule has 0 bridgehead atoms. The number of rotatable bonds is 4. The van der Waals surface area contributed by atoms with E-state index in [1.165, 1.54) is 12.8 Å². The second kappa shape index (κ2) is 4.79. The number of hydrogen-bond acceptors (Lipinski definition) is 2. The minimum Gasteiger partial charge on any atom is -0.384 e. The molecule has 2 rings (SSSR count). The molecular weight excluding hydrogens is 200 g/mol. The molecule has 1 aliphatic rings. The van der Waals surface area contributed by atoms with Gasteiger partial charge in [0.1, 0.15) is 6.10 Å². The van der Waals surface area contributed by atoms with Crippen LogP contribution in [0.4, 0.5) is 0 Å². The number of ketones is 1. The Labute approximate surface area is 96.3 Å². The third-order valence-corrected chi connectivity index (χ3v) is 3.39. The van der Waals surface area contributed by atoms with Crippen LogP contribution in [-0.4, -0.2) is 17.0 Å². The van der Waals surface area contributed by atoms with Gasteiger partial charge in [0.25, 0.3) is 0 Å². The molecule has 0 aliphatic heterocycles. The number of aliphatic hydroxyl groups excluding tert-OH is 1. The van der Waals surface area contributed by atoms with Crippen LogP contribution in [0.2, 0.25) is 0 Å². The average molecular weight is 218 g/mol. The minimum atomic E-state index is -0.811. The Hall–Kier alpha value is -1.15. The number of unbranched alkanes of at least 4 members (excludes halogenated alkanes) is 2. The second-order valence-electron chi connectivity index (χ2n) is 4.50. The molecule has 0 heterocycles. The van der Waals surface area contributed by atoms with Crippen LogP contribution in [0.3, 0.4) is 0 Å². The third-order valence-electron chi connectivity index (χ3n) is 3.39. The number of Topliss-reactive ketones (excluding diaryl/α,β-unsaturated/α-hetero) is 1. The number of carbonyl (C=O) groups is 1. The summed E-state index contributed by atoms with van der Waals surface area (Å²) in [5.41, 5.74) is 1.76. The number of benzene rings is 1. The van der Waals surface area contributed by atoms with E-state index in [2.05, 4.69) is 6.92 Å². The normalized spacial score (nSPS) is 23.5. The predicted molar refractivity (Wildman–Crippen MR) is 63.7 cm³/mol. The van der Waals surface area contributed by atoms with Crippen LogP contribution in [0.25, 0.3) is 0 Å². The molecule has 2 nitrogen and oxygen atoms in total. The Kier molecular flexibility index (Phi) is 3.39. The molecule has 2 unspecified atom stereocenters. The Balaban J connectivity index is 2.17. The van der Waals surface area contributed by atoms with E-state index in [1.807, 2.05) is 24.3 Å². The molecular formula is C14H18O2. The van der Waals surface area contributed by atoms with E-state index in [9.17, 15) is 9.90 Å². The van der Waals surface area contributed by atoms with Crippen molar-refractivity contribution < 1.29 is 9.90 Å². The van der Waals surface area contributed by atoms with Gasteiger partial charge >= 0.3 is 0 Å². The molecule has 2 atom stereocenters. The molecule has 0 fully saturated rings. The van der Waals surface area contributed by atoms with Gasteiger partial charge in [0.2, 0.25) is 0 Å². The molecule has 1 aliphatic carbocycles. The summed E-state index contributed by atoms with van der Waals surface area (Å²) in [7, 11) is 0. The lowest BCUT2D eigenvalue weighted by Crippen LogP contribution is -2.19. The molecule has 1 aromatic rings. The van der Waals surface area contributed by atoms with Gasteiger partial charge in [0.05, 0.1) is 0 Å². The van der Waals surface area contributed by atoms with Crippen LogP contribution >= 0.6 is 0 Å². The number of fused-ring (bicyclic) bond motifs is 1. The molecule has 0 radical (unpaired) electrons. The summed E-state index contributed by atoms with van der Waals surface area (Å²) in [6.45, 7) is 2.16. The molecule has 0 saturated heterocycles. The quantitative estimate of drug-likeness (QED) is 0.789. The van der Waals surface area contributed by atoms with Gasteiger partial charge in [-0.1, -0.05) is 50.5 Å². The van der Waals surface area contributed by atoms with Crippen LogP contribution in [-0.2, 0) is 0 Å². The molecule has 1 N–H and O–H groups in total. The van der Waals surface area contributed by atoms with Gasteiger partial charge in [-0.3, -0.25) is 4.79 Å². The first-order valence-corrected chi connectivity index (χ1v) is 6.07. The fourth-order valence-corrected chi connectivity index (χ4v) is 2.48. The van der Waals surface area contributed by atoms with Crippen molar-refractivity contribution in [1.82, 2.24) is 0 Å². The van der Waals surface area contributed by atoms with Crippen molar-refractivity contribution in [2.75, 3.05) is 0 Å². The standard InChI is InChI=1S/C14H18O2/c1-2-3-4-8-11-10-7-5-6-9-12(10)14(16)13(11)15/h5-7,9,11,13,15H,2-4,8H2,1H3. The van der Waals surface area contributed by atoms with Gasteiger partial charge in [0, 0.05) is 11.5 Å². The molecule has 0 aromatic heterocycles. The van der Waals surface area contributed by atoms with E-state index in [4.69, 9.17) is 0 Å². The Morgan fingerprint density at radius 3 is 2.75 bits per heavy atom. The second-order valence-corrected chi connectivity index (χ2v) is 4.50. The number of carbonyl (C=O) groups excluding carboxylic acids is 1. The predicted octanol–water partition coefficient (Wildman–Crippen LogP) is 2.91. The van der Waals surface area contributed by atoms with Crippen molar-refractivity contribution in [3.8, 4) is 0 Å². The molecule has 16 heavy (non-hydrogen) atoms. The number of aliphatic hydroxyl groups is 1. The topological polar surface area (TPSA) is 37.3 Å². The summed E-state index contributed by atoms with van der Waals surface area (Å²) in [6, 6.07) is 7.59. The maximum atomic E-state index is 11.8. The fraction of sp³-hybridized carbons (Fsp3) is 0.500. The van der Waals surface area contributed by atoms with Crippen molar-refractivity contribution in [2.45, 2.75) is 44.6 Å². The summed E-state index contributed by atoms with van der Waals surface area (Å²) < 4.78 is 0. The highest BCUT2D eigenvalue weighted by Crippen LogP contribution is 2.36. The van der Waals surface area contributed by atoms with Crippen LogP contribution in [0.15, 0.2) is 24.3 Å². The number of hydrogen-bond donors (Lipinski definition) is 1. The zero-order chi connectivity index (χ0) is 11.5. The van der Waals surface area contributed by atoms with Gasteiger partial charge in [-0.2, -0.15) is 0 Å². The maximum Gasteiger partial charge on any atom is 0.192 e. The van der Waals surface area contributed by atoms with Crippen LogP contribution in [0.1, 0.15) is 54.4 Å². The van der Waals surface area contributed by atoms with Crippen molar-refractivity contribution >= 4 is 5.78 Å². The zero-order valence-corrected chi connectivity index (χ0v) is 9.65. The maximum absolute atomic E-state index is 11.8. The smallest absolute Gasteiger partial charge is 0.192 e. The van der Waals surface area contributed by atoms with E-state index in [-0.39, 0.29) is 11.7 Å². The van der Waals surface area contributed by atoms with Crippen LogP contribution in [0.5, 0.6) is 0 Å². The molecule has 86 valence electrons. The van der Waals surface area contributed by atoms with Crippen molar-refractivity contribution in [3.05, 3.63) is 35.4 Å². The van der Waals surface area contributed by atoms with Gasteiger partial charge in [0.15, 0.2) is 5.78 Å². The summed E-state index contributed by atoms with van der Waals surface area (Å²) in [6.07, 6.45) is 3.52. The molecule has 0 spiro atoms. The monoisotopic (exact) mass is 218 g/mol. The average Bonchev–Trinajstić information content (AvgIpc) is 2.55. The van der Waals surface area contributed by atoms with E-state index < -0.39 is 6.10 Å². The lowest BCUT2D eigenvalue weighted by atomic mass is 9.93. The first-order valence-electron chi connectivity index (χ1n) is 6.07. The third kappa shape index (κ3) is 1.90. The highest BCUT2D eigenvalue weighted by Gasteiger charge is 2.37. The largest absolute Gasteiger partial charge is 0.384 e. The Morgan fingerprint density at radius 2 is 2.00 bits per heavy atom. The van der Waals surface area contributed by atoms with Gasteiger partial charge in [-0.05, 0) is 12.0 Å². The fourth-order valence-electron chi connectivity index (χ4n) is 2.48. The van der Waals surface area contributed by atoms with Crippen molar-refractivity contribution in [1.29, 1.82) is 0 Å². The molecule has 2 heteroatoms. The highest BCUT2D eigenvalue weighted by molar-refractivity contribution is 6.04. The van der Waals surface area contributed by atoms with E-state index in [1.54, 1.807) is 0 Å². The Morgan fingerprint density at radius 1 is 1.25 bits per heavy atom. The van der Waals surface area contributed by atoms with Gasteiger partial charge in [-0.25, -0.2) is 0 Å². The van der Waals surface area contributed by atoms with Crippen LogP contribution < -0.4 is 0 Å². The van der Waals surface area contributed by atoms with Crippen molar-refractivity contribution in [3.63, 3.8) is 0 Å². The summed E-state index contributed by atoms with van der Waals surface area (Å²) >= 11 is 0. The van der Waals surface area contributed by atoms with E-state index in [0.29, 0.717) is 0 Å². The summed E-state index contributed by atoms with van der Waals surface area (Å²) in [5, 5.41) is 9.93. The summed E-state index contributed by atoms with van der Waals surface area (Å²) in [5.74, 6) is -0.0765. The summed E-state index contributed by atoms with van der Waals surface area (Å²) in [4.78, 5) is 11.8. The SMILES string of the molecule is CCCCCC1c2ccccc2C(=O)C1O. The van der Waals surface area contributed by atoms with Crippen LogP contribution in [0, 0.1) is 0 Å². The van der Waals surface area contributed by atoms with Crippen molar-refractivity contribution in [2.24, 2.45) is 0 Å². The Bertz CT molecular complexity index is 384. The lowest BCUT2D eigenvalue weighted by molar-refractivity contribution is 0.0724. The first-order chi connectivity index (χ1) is 7.75. The minimum absolute atomic E-state index is 0.0234. The van der Waals surface area contributed by atoms with E-state index >= 15 is 0 Å². The zero-order valence-electron chi connectivity index (χ0n) is 9.65. The highest BCUT2D eigenvalue weighted by atomic mass is 16.3. The molecule has 0 saturated carbocycles. The lowest BCUT2D eigenvalue weighted by Gasteiger charge is -2.14. The molecule has 0 amide bonds. The molecule has 1 aromatic carbocycles. The van der Waals surface area contributed by atoms with Gasteiger partial charge in [-0.15, -0.1) is 0 Å². The first kappa shape index (κ1) is 11.3. The van der Waals surface area contributed by atoms with E-state index in [0.717, 1.165) is 24.0 Å².